The fourth-order valence-electron chi connectivity index (χ4n) is 2.86. The minimum Gasteiger partial charge on any atom is -0.497 e. The van der Waals surface area contributed by atoms with Crippen LogP contribution in [0.25, 0.3) is 0 Å². The van der Waals surface area contributed by atoms with Crippen LogP contribution in [0.2, 0.25) is 0 Å². The third-order valence-corrected chi connectivity index (χ3v) is 5.44. The molecule has 0 N–H and O–H groups in total. The van der Waals surface area contributed by atoms with E-state index in [9.17, 15) is 4.79 Å². The number of nitrogens with zero attached hydrogens (tertiary/aromatic N) is 1. The molecule has 1 aliphatic rings. The Hall–Kier alpha value is -2.34. The number of ether oxygens (including phenoxy) is 3. The normalized spacial score (nSPS) is 16.6. The highest BCUT2D eigenvalue weighted by molar-refractivity contribution is 7.99. The van der Waals surface area contributed by atoms with Crippen LogP contribution in [0.3, 0.4) is 0 Å². The van der Waals surface area contributed by atoms with E-state index in [1.54, 1.807) is 57.4 Å². The second-order valence-corrected chi connectivity index (χ2v) is 6.75. The van der Waals surface area contributed by atoms with Crippen LogP contribution in [0.5, 0.6) is 17.2 Å². The lowest BCUT2D eigenvalue weighted by molar-refractivity contribution is 0.0759. The molecule has 0 spiro atoms. The smallest absolute Gasteiger partial charge is 0.255 e. The number of hydrogen-bond acceptors (Lipinski definition) is 5. The number of amides is 1. The van der Waals surface area contributed by atoms with Gasteiger partial charge in [-0.25, -0.2) is 0 Å². The quantitative estimate of drug-likeness (QED) is 0.816. The van der Waals surface area contributed by atoms with Gasteiger partial charge in [0.1, 0.15) is 22.6 Å². The van der Waals surface area contributed by atoms with E-state index in [1.165, 1.54) is 0 Å². The molecular weight excluding hydrogens is 338 g/mol. The predicted octanol–water partition coefficient (Wildman–Crippen LogP) is 3.60. The maximum absolute atomic E-state index is 13.0. The molecule has 1 saturated heterocycles. The van der Waals surface area contributed by atoms with Gasteiger partial charge in [-0.15, -0.1) is 11.8 Å². The Morgan fingerprint density at radius 1 is 1.00 bits per heavy atom. The first-order valence-corrected chi connectivity index (χ1v) is 9.01. The number of carbonyl (C=O) groups excluding carboxylic acids is 1. The Morgan fingerprint density at radius 3 is 2.32 bits per heavy atom. The molecule has 0 saturated carbocycles. The van der Waals surface area contributed by atoms with Crippen LogP contribution in [-0.4, -0.2) is 44.4 Å². The number of thioether (sulfide) groups is 1. The number of hydrogen-bond donors (Lipinski definition) is 0. The van der Waals surface area contributed by atoms with Crippen molar-refractivity contribution >= 4 is 17.7 Å². The summed E-state index contributed by atoms with van der Waals surface area (Å²) in [5.41, 5.74) is 1.63. The molecular formula is C19H21NO4S. The summed E-state index contributed by atoms with van der Waals surface area (Å²) in [4.78, 5) is 14.8. The van der Waals surface area contributed by atoms with Crippen LogP contribution in [0.15, 0.2) is 42.5 Å². The van der Waals surface area contributed by atoms with Crippen molar-refractivity contribution in [2.75, 3.05) is 33.6 Å². The van der Waals surface area contributed by atoms with E-state index in [4.69, 9.17) is 14.2 Å². The second kappa shape index (κ2) is 7.70. The van der Waals surface area contributed by atoms with Crippen molar-refractivity contribution < 1.29 is 19.0 Å². The minimum absolute atomic E-state index is 0.00974. The highest BCUT2D eigenvalue weighted by Gasteiger charge is 2.33. The zero-order valence-electron chi connectivity index (χ0n) is 14.5. The van der Waals surface area contributed by atoms with E-state index in [0.29, 0.717) is 12.1 Å². The molecule has 3 rings (SSSR count). The van der Waals surface area contributed by atoms with Crippen molar-refractivity contribution in [3.8, 4) is 17.2 Å². The van der Waals surface area contributed by atoms with Crippen LogP contribution >= 0.6 is 11.8 Å². The van der Waals surface area contributed by atoms with Gasteiger partial charge in [0.2, 0.25) is 0 Å². The Labute approximate surface area is 151 Å². The molecule has 0 radical (unpaired) electrons. The van der Waals surface area contributed by atoms with Crippen LogP contribution in [-0.2, 0) is 0 Å². The summed E-state index contributed by atoms with van der Waals surface area (Å²) >= 11 is 1.74. The van der Waals surface area contributed by atoms with E-state index >= 15 is 0 Å². The lowest BCUT2D eigenvalue weighted by Gasteiger charge is -2.25. The average Bonchev–Trinajstić information content (AvgIpc) is 3.16. The molecule has 0 bridgehead atoms. The summed E-state index contributed by atoms with van der Waals surface area (Å²) in [6.45, 7) is 0.704. The van der Waals surface area contributed by atoms with E-state index in [0.717, 1.165) is 28.6 Å². The van der Waals surface area contributed by atoms with Crippen molar-refractivity contribution in [2.24, 2.45) is 0 Å². The highest BCUT2D eigenvalue weighted by Crippen LogP contribution is 2.43. The van der Waals surface area contributed by atoms with Gasteiger partial charge in [-0.3, -0.25) is 4.79 Å². The summed E-state index contributed by atoms with van der Waals surface area (Å²) in [5, 5.41) is -0.0737. The van der Waals surface area contributed by atoms with Gasteiger partial charge in [0, 0.05) is 29.5 Å². The largest absolute Gasteiger partial charge is 0.497 e. The van der Waals surface area contributed by atoms with Crippen molar-refractivity contribution in [3.63, 3.8) is 0 Å². The second-order valence-electron chi connectivity index (χ2n) is 5.56. The van der Waals surface area contributed by atoms with Crippen molar-refractivity contribution in [2.45, 2.75) is 5.37 Å². The van der Waals surface area contributed by atoms with Crippen molar-refractivity contribution in [3.05, 3.63) is 53.6 Å². The Balaban J connectivity index is 1.88. The van der Waals surface area contributed by atoms with Crippen LogP contribution < -0.4 is 14.2 Å². The predicted molar refractivity (Wildman–Crippen MR) is 98.8 cm³/mol. The fraction of sp³-hybridized carbons (Fsp3) is 0.316. The summed E-state index contributed by atoms with van der Waals surface area (Å²) in [6.07, 6.45) is 0. The summed E-state index contributed by atoms with van der Waals surface area (Å²) in [6, 6.07) is 12.9. The van der Waals surface area contributed by atoms with E-state index < -0.39 is 0 Å². The molecule has 1 unspecified atom stereocenters. The first-order valence-electron chi connectivity index (χ1n) is 7.96. The standard InChI is InChI=1S/C19H21NO4S/c1-22-14-6-4-13(5-7-14)18(21)20-10-11-25-19(20)16-9-8-15(23-2)12-17(16)24-3/h4-9,12,19H,10-11H2,1-3H3. The van der Waals surface area contributed by atoms with E-state index in [1.807, 2.05) is 23.1 Å². The summed E-state index contributed by atoms with van der Waals surface area (Å²) in [7, 11) is 4.87. The van der Waals surface area contributed by atoms with E-state index in [2.05, 4.69) is 0 Å². The topological polar surface area (TPSA) is 48.0 Å². The van der Waals surface area contributed by atoms with Gasteiger partial charge >= 0.3 is 0 Å². The highest BCUT2D eigenvalue weighted by atomic mass is 32.2. The molecule has 0 aliphatic carbocycles. The van der Waals surface area contributed by atoms with Crippen molar-refractivity contribution in [1.29, 1.82) is 0 Å². The Morgan fingerprint density at radius 2 is 1.68 bits per heavy atom. The van der Waals surface area contributed by atoms with Gasteiger partial charge in [0.25, 0.3) is 5.91 Å². The number of rotatable bonds is 5. The van der Waals surface area contributed by atoms with Gasteiger partial charge in [-0.05, 0) is 36.4 Å². The maximum atomic E-state index is 13.0. The van der Waals surface area contributed by atoms with Gasteiger partial charge in [0.05, 0.1) is 21.3 Å². The lowest BCUT2D eigenvalue weighted by atomic mass is 10.1. The maximum Gasteiger partial charge on any atom is 0.255 e. The molecule has 1 aliphatic heterocycles. The minimum atomic E-state index is -0.0737. The molecule has 0 aromatic heterocycles. The first kappa shape index (κ1) is 17.5. The van der Waals surface area contributed by atoms with Gasteiger partial charge in [-0.1, -0.05) is 0 Å². The molecule has 6 heteroatoms. The van der Waals surface area contributed by atoms with Gasteiger partial charge in [0.15, 0.2) is 0 Å². The Bertz CT molecular complexity index is 748. The SMILES string of the molecule is COc1ccc(C(=O)N2CCSC2c2ccc(OC)cc2OC)cc1. The number of benzene rings is 2. The number of carbonyl (C=O) groups is 1. The third kappa shape index (κ3) is 3.54. The third-order valence-electron chi connectivity index (χ3n) is 4.20. The summed E-state index contributed by atoms with van der Waals surface area (Å²) in [5.74, 6) is 3.10. The van der Waals surface area contributed by atoms with Crippen molar-refractivity contribution in [1.82, 2.24) is 4.90 Å². The molecule has 2 aromatic rings. The molecule has 1 atom stereocenters. The zero-order chi connectivity index (χ0) is 17.8. The van der Waals surface area contributed by atoms with Crippen LogP contribution in [0.1, 0.15) is 21.3 Å². The Kier molecular flexibility index (Phi) is 5.38. The molecule has 1 fully saturated rings. The molecule has 5 nitrogen and oxygen atoms in total. The molecule has 2 aromatic carbocycles. The average molecular weight is 359 g/mol. The summed E-state index contributed by atoms with van der Waals surface area (Å²) < 4.78 is 15.9. The van der Waals surface area contributed by atoms with Crippen LogP contribution in [0, 0.1) is 0 Å². The van der Waals surface area contributed by atoms with Gasteiger partial charge < -0.3 is 19.1 Å². The van der Waals surface area contributed by atoms with E-state index in [-0.39, 0.29) is 11.3 Å². The molecule has 25 heavy (non-hydrogen) atoms. The molecule has 1 heterocycles. The molecule has 1 amide bonds. The first-order chi connectivity index (χ1) is 12.2. The van der Waals surface area contributed by atoms with Crippen LogP contribution in [0.4, 0.5) is 0 Å². The fourth-order valence-corrected chi connectivity index (χ4v) is 4.14. The zero-order valence-corrected chi connectivity index (χ0v) is 15.3. The lowest BCUT2D eigenvalue weighted by Crippen LogP contribution is -2.30. The monoisotopic (exact) mass is 359 g/mol. The number of methoxy groups -OCH3 is 3. The van der Waals surface area contributed by atoms with Gasteiger partial charge in [-0.2, -0.15) is 0 Å². The molecule has 132 valence electrons.